The number of methoxy groups -OCH3 is 1. The Bertz CT molecular complexity index is 733. The number of ether oxygens (including phenoxy) is 1. The zero-order valence-electron chi connectivity index (χ0n) is 13.0. The quantitative estimate of drug-likeness (QED) is 0.501. The number of phenols is 1. The summed E-state index contributed by atoms with van der Waals surface area (Å²) in [6.07, 6.45) is 0.0807. The maximum absolute atomic E-state index is 12.4. The van der Waals surface area contributed by atoms with E-state index in [1.54, 1.807) is 39.1 Å². The molecule has 1 heterocycles. The molecular formula is C16H19NO4S. The van der Waals surface area contributed by atoms with Gasteiger partial charge < -0.3 is 15.2 Å². The van der Waals surface area contributed by atoms with Gasteiger partial charge in [-0.1, -0.05) is 0 Å². The van der Waals surface area contributed by atoms with Crippen molar-refractivity contribution in [2.45, 2.75) is 20.3 Å². The molecule has 0 radical (unpaired) electrons. The number of rotatable bonds is 5. The molecule has 0 spiro atoms. The van der Waals surface area contributed by atoms with E-state index >= 15 is 0 Å². The predicted molar refractivity (Wildman–Crippen MR) is 87.8 cm³/mol. The van der Waals surface area contributed by atoms with Crippen molar-refractivity contribution < 1.29 is 19.4 Å². The summed E-state index contributed by atoms with van der Waals surface area (Å²) in [6, 6.07) is 5.17. The fourth-order valence-corrected chi connectivity index (χ4v) is 3.27. The van der Waals surface area contributed by atoms with Gasteiger partial charge in [-0.05, 0) is 37.4 Å². The summed E-state index contributed by atoms with van der Waals surface area (Å²) in [7, 11) is 3.04. The first-order valence-electron chi connectivity index (χ1n) is 6.84. The lowest BCUT2D eigenvalue weighted by atomic mass is 9.87. The molecule has 0 amide bonds. The molecule has 118 valence electrons. The molecule has 0 fully saturated rings. The van der Waals surface area contributed by atoms with Gasteiger partial charge in [-0.25, -0.2) is 0 Å². The summed E-state index contributed by atoms with van der Waals surface area (Å²) in [5.74, 6) is -0.374. The highest BCUT2D eigenvalue weighted by molar-refractivity contribution is 7.20. The van der Waals surface area contributed by atoms with E-state index in [0.29, 0.717) is 10.6 Å². The molecule has 2 rings (SSSR count). The van der Waals surface area contributed by atoms with Crippen LogP contribution in [0.25, 0.3) is 10.1 Å². The second kappa shape index (κ2) is 5.96. The van der Waals surface area contributed by atoms with Crippen LogP contribution in [0.4, 0.5) is 5.69 Å². The van der Waals surface area contributed by atoms with Crippen molar-refractivity contribution in [1.29, 1.82) is 0 Å². The van der Waals surface area contributed by atoms with Gasteiger partial charge in [0.15, 0.2) is 5.78 Å². The van der Waals surface area contributed by atoms with Crippen molar-refractivity contribution in [2.75, 3.05) is 19.5 Å². The normalized spacial score (nSPS) is 11.5. The molecule has 6 heteroatoms. The van der Waals surface area contributed by atoms with Gasteiger partial charge in [0.1, 0.15) is 5.75 Å². The zero-order valence-corrected chi connectivity index (χ0v) is 13.8. The number of ketones is 1. The zero-order chi connectivity index (χ0) is 16.5. The highest BCUT2D eigenvalue weighted by Crippen LogP contribution is 2.35. The van der Waals surface area contributed by atoms with Gasteiger partial charge in [0.2, 0.25) is 0 Å². The van der Waals surface area contributed by atoms with Crippen LogP contribution >= 0.6 is 11.3 Å². The summed E-state index contributed by atoms with van der Waals surface area (Å²) in [4.78, 5) is 24.7. The molecule has 0 bridgehead atoms. The van der Waals surface area contributed by atoms with Crippen LogP contribution in [0.3, 0.4) is 0 Å². The second-order valence-corrected chi connectivity index (χ2v) is 6.83. The Balaban J connectivity index is 2.31. The molecule has 0 unspecified atom stereocenters. The molecule has 0 aliphatic carbocycles. The Labute approximate surface area is 132 Å². The first-order valence-corrected chi connectivity index (χ1v) is 7.66. The molecular weight excluding hydrogens is 302 g/mol. The van der Waals surface area contributed by atoms with Crippen molar-refractivity contribution >= 4 is 38.9 Å². The van der Waals surface area contributed by atoms with Gasteiger partial charge in [0.25, 0.3) is 0 Å². The molecule has 1 aromatic carbocycles. The van der Waals surface area contributed by atoms with Crippen molar-refractivity contribution in [2.24, 2.45) is 5.41 Å². The molecule has 22 heavy (non-hydrogen) atoms. The van der Waals surface area contributed by atoms with E-state index in [2.05, 4.69) is 5.32 Å². The average molecular weight is 321 g/mol. The number of benzene rings is 1. The van der Waals surface area contributed by atoms with E-state index in [0.717, 1.165) is 10.1 Å². The lowest BCUT2D eigenvalue weighted by molar-refractivity contribution is -0.150. The molecule has 0 aliphatic heterocycles. The van der Waals surface area contributed by atoms with Crippen LogP contribution in [-0.2, 0) is 9.53 Å². The summed E-state index contributed by atoms with van der Waals surface area (Å²) in [5, 5.41) is 13.5. The maximum atomic E-state index is 12.4. The molecule has 0 atom stereocenters. The van der Waals surface area contributed by atoms with E-state index in [4.69, 9.17) is 4.74 Å². The van der Waals surface area contributed by atoms with Crippen molar-refractivity contribution in [3.63, 3.8) is 0 Å². The molecule has 1 aromatic heterocycles. The monoisotopic (exact) mass is 321 g/mol. The summed E-state index contributed by atoms with van der Waals surface area (Å²) in [5.41, 5.74) is -0.247. The number of anilines is 1. The highest BCUT2D eigenvalue weighted by Gasteiger charge is 2.32. The number of carbonyl (C=O) groups excluding carboxylic acids is 2. The predicted octanol–water partition coefficient (Wildman–Crippen LogP) is 3.42. The van der Waals surface area contributed by atoms with E-state index in [9.17, 15) is 14.7 Å². The van der Waals surface area contributed by atoms with Crippen LogP contribution in [0.2, 0.25) is 0 Å². The second-order valence-electron chi connectivity index (χ2n) is 5.74. The Morgan fingerprint density at radius 1 is 1.32 bits per heavy atom. The van der Waals surface area contributed by atoms with E-state index < -0.39 is 11.4 Å². The third kappa shape index (κ3) is 3.06. The summed E-state index contributed by atoms with van der Waals surface area (Å²) in [6.45, 7) is 3.38. The lowest BCUT2D eigenvalue weighted by Crippen LogP contribution is -2.28. The minimum atomic E-state index is -0.861. The topological polar surface area (TPSA) is 75.6 Å². The third-order valence-electron chi connectivity index (χ3n) is 3.52. The average Bonchev–Trinajstić information content (AvgIpc) is 2.87. The third-order valence-corrected chi connectivity index (χ3v) is 4.66. The molecule has 0 saturated heterocycles. The number of thiophene rings is 1. The number of nitrogens with one attached hydrogen (secondary N) is 1. The van der Waals surface area contributed by atoms with Gasteiger partial charge >= 0.3 is 5.97 Å². The molecule has 0 aliphatic rings. The van der Waals surface area contributed by atoms with Gasteiger partial charge in [0, 0.05) is 18.2 Å². The minimum Gasteiger partial charge on any atom is -0.506 e. The SMILES string of the molecule is CNc1cc2sc(C(=O)CC(C)(C)C(=O)OC)cc2cc1O. The lowest BCUT2D eigenvalue weighted by Gasteiger charge is -2.19. The Morgan fingerprint density at radius 2 is 2.00 bits per heavy atom. The Morgan fingerprint density at radius 3 is 2.59 bits per heavy atom. The van der Waals surface area contributed by atoms with E-state index in [1.807, 2.05) is 0 Å². The van der Waals surface area contributed by atoms with Crippen LogP contribution in [0, 0.1) is 5.41 Å². The Kier molecular flexibility index (Phi) is 4.42. The first-order chi connectivity index (χ1) is 10.3. The number of carbonyl (C=O) groups is 2. The number of fused-ring (bicyclic) bond motifs is 1. The first kappa shape index (κ1) is 16.3. The van der Waals surface area contributed by atoms with Crippen molar-refractivity contribution in [3.8, 4) is 5.75 Å². The highest BCUT2D eigenvalue weighted by atomic mass is 32.1. The number of Topliss-reactive ketones (excluding diaryl/α,β-unsaturated/α-hetero) is 1. The minimum absolute atomic E-state index is 0.0807. The van der Waals surface area contributed by atoms with Crippen LogP contribution < -0.4 is 5.32 Å². The molecule has 2 N–H and O–H groups in total. The smallest absolute Gasteiger partial charge is 0.311 e. The largest absolute Gasteiger partial charge is 0.506 e. The fourth-order valence-electron chi connectivity index (χ4n) is 2.25. The van der Waals surface area contributed by atoms with Gasteiger partial charge in [0.05, 0.1) is 23.1 Å². The number of hydrogen-bond acceptors (Lipinski definition) is 6. The molecule has 5 nitrogen and oxygen atoms in total. The number of phenolic OH excluding ortho intramolecular Hbond substituents is 1. The van der Waals surface area contributed by atoms with E-state index in [-0.39, 0.29) is 18.0 Å². The van der Waals surface area contributed by atoms with Crippen LogP contribution in [-0.4, -0.2) is 31.0 Å². The van der Waals surface area contributed by atoms with Gasteiger partial charge in [-0.2, -0.15) is 0 Å². The van der Waals surface area contributed by atoms with Crippen LogP contribution in [0.1, 0.15) is 29.9 Å². The number of hydrogen-bond donors (Lipinski definition) is 2. The van der Waals surface area contributed by atoms with E-state index in [1.165, 1.54) is 18.4 Å². The molecule has 0 saturated carbocycles. The Hall–Kier alpha value is -2.08. The maximum Gasteiger partial charge on any atom is 0.311 e. The van der Waals surface area contributed by atoms with Gasteiger partial charge in [-0.15, -0.1) is 11.3 Å². The summed E-state index contributed by atoms with van der Waals surface area (Å²) < 4.78 is 5.63. The number of aromatic hydroxyl groups is 1. The van der Waals surface area contributed by atoms with Crippen LogP contribution in [0.15, 0.2) is 18.2 Å². The van der Waals surface area contributed by atoms with Crippen molar-refractivity contribution in [1.82, 2.24) is 0 Å². The van der Waals surface area contributed by atoms with Crippen LogP contribution in [0.5, 0.6) is 5.75 Å². The molecule has 2 aromatic rings. The summed E-state index contributed by atoms with van der Waals surface area (Å²) >= 11 is 1.35. The van der Waals surface area contributed by atoms with Gasteiger partial charge in [-0.3, -0.25) is 9.59 Å². The van der Waals surface area contributed by atoms with Crippen molar-refractivity contribution in [3.05, 3.63) is 23.1 Å². The standard InChI is InChI=1S/C16H19NO4S/c1-16(2,15(20)21-4)8-12(19)14-6-9-5-11(18)10(17-3)7-13(9)22-14/h5-7,17-18H,8H2,1-4H3. The fraction of sp³-hybridized carbons (Fsp3) is 0.375. The number of esters is 1.